The van der Waals surface area contributed by atoms with Crippen molar-refractivity contribution < 1.29 is 9.47 Å². The monoisotopic (exact) mass is 643 g/mol. The zero-order valence-electron chi connectivity index (χ0n) is 25.1. The van der Waals surface area contributed by atoms with Crippen molar-refractivity contribution in [1.82, 2.24) is 0 Å². The van der Waals surface area contributed by atoms with E-state index in [-0.39, 0.29) is 0 Å². The van der Waals surface area contributed by atoms with Crippen LogP contribution in [0.3, 0.4) is 0 Å². The molecule has 1 aliphatic rings. The van der Waals surface area contributed by atoms with E-state index in [1.165, 1.54) is 20.2 Å². The maximum atomic E-state index is 6.95. The first-order valence-corrected chi connectivity index (χ1v) is 16.6. The number of para-hydroxylation sites is 3. The number of benzene rings is 7. The fourth-order valence-corrected chi connectivity index (χ4v) is 7.84. The number of hydrogen-bond acceptors (Lipinski definition) is 4. The molecule has 0 aliphatic carbocycles. The van der Waals surface area contributed by atoms with Crippen molar-refractivity contribution in [2.45, 2.75) is 0 Å². The lowest BCUT2D eigenvalue weighted by molar-refractivity contribution is 0.360. The molecule has 0 bridgehead atoms. The molecule has 0 atom stereocenters. The number of nitrogens with zero attached hydrogens (tertiary/aromatic N) is 1. The van der Waals surface area contributed by atoms with Crippen molar-refractivity contribution in [2.75, 3.05) is 4.90 Å². The summed E-state index contributed by atoms with van der Waals surface area (Å²) in [4.78, 5) is 2.28. The van der Waals surface area contributed by atoms with Gasteiger partial charge in [-0.1, -0.05) is 103 Å². The normalized spacial score (nSPS) is 11.9. The van der Waals surface area contributed by atoms with Gasteiger partial charge in [0.05, 0.1) is 11.4 Å². The van der Waals surface area contributed by atoms with Crippen molar-refractivity contribution in [3.05, 3.63) is 163 Å². The van der Waals surface area contributed by atoms with E-state index in [1.54, 1.807) is 11.3 Å². The van der Waals surface area contributed by atoms with Gasteiger partial charge in [0.1, 0.15) is 0 Å². The Kier molecular flexibility index (Phi) is 6.70. The molecule has 9 rings (SSSR count). The van der Waals surface area contributed by atoms with E-state index >= 15 is 0 Å². The molecule has 0 unspecified atom stereocenters. The lowest BCUT2D eigenvalue weighted by atomic mass is 9.98. The van der Waals surface area contributed by atoms with Gasteiger partial charge in [0.15, 0.2) is 23.0 Å². The Morgan fingerprint density at radius 2 is 1.15 bits per heavy atom. The number of anilines is 3. The fraction of sp³-hybridized carbons (Fsp3) is 0. The summed E-state index contributed by atoms with van der Waals surface area (Å²) in [5.74, 6) is 2.76. The van der Waals surface area contributed by atoms with Crippen LogP contribution in [0.5, 0.6) is 23.0 Å². The lowest BCUT2D eigenvalue weighted by Crippen LogP contribution is -2.12. The molecule has 0 saturated heterocycles. The third-order valence-electron chi connectivity index (χ3n) is 8.61. The highest BCUT2D eigenvalue weighted by molar-refractivity contribution is 7.26. The predicted octanol–water partition coefficient (Wildman–Crippen LogP) is 13.4. The van der Waals surface area contributed by atoms with Gasteiger partial charge in [-0.15, -0.1) is 11.3 Å². The van der Waals surface area contributed by atoms with E-state index in [1.807, 2.05) is 42.5 Å². The molecule has 7 aromatic carbocycles. The summed E-state index contributed by atoms with van der Waals surface area (Å²) < 4.78 is 15.0. The Morgan fingerprint density at radius 3 is 1.98 bits per heavy atom. The molecule has 5 heteroatoms. The van der Waals surface area contributed by atoms with Crippen molar-refractivity contribution in [3.8, 4) is 45.3 Å². The van der Waals surface area contributed by atoms with Crippen LogP contribution in [0.4, 0.5) is 17.1 Å². The van der Waals surface area contributed by atoms with Crippen LogP contribution in [0.15, 0.2) is 158 Å². The first kappa shape index (κ1) is 27.7. The highest BCUT2D eigenvalue weighted by Gasteiger charge is 2.23. The van der Waals surface area contributed by atoms with Gasteiger partial charge in [-0.25, -0.2) is 0 Å². The minimum Gasteiger partial charge on any atom is -0.450 e. The molecule has 3 nitrogen and oxygen atoms in total. The van der Waals surface area contributed by atoms with Gasteiger partial charge < -0.3 is 14.4 Å². The van der Waals surface area contributed by atoms with Crippen LogP contribution in [-0.2, 0) is 0 Å². The molecule has 0 fully saturated rings. The highest BCUT2D eigenvalue weighted by Crippen LogP contribution is 2.49. The summed E-state index contributed by atoms with van der Waals surface area (Å²) in [7, 11) is 0. The first-order chi connectivity index (χ1) is 23.2. The minimum absolute atomic E-state index is 0.669. The standard InChI is InChI=1S/C42H26ClNO2S/c43-33-23-25-40-42(32-13-5-9-17-39(32)47-40)41(33)28-18-20-29(21-19-28)44(34-14-6-4-12-31(34)27-10-2-1-3-11-27)30-22-24-37-38(26-30)46-36-16-8-7-15-35(36)45-37/h1-26H. The van der Waals surface area contributed by atoms with E-state index in [9.17, 15) is 0 Å². The molecule has 47 heavy (non-hydrogen) atoms. The van der Waals surface area contributed by atoms with E-state index < -0.39 is 0 Å². The molecule has 0 N–H and O–H groups in total. The Labute approximate surface area is 281 Å². The maximum Gasteiger partial charge on any atom is 0.172 e. The second-order valence-electron chi connectivity index (χ2n) is 11.4. The highest BCUT2D eigenvalue weighted by atomic mass is 35.5. The van der Waals surface area contributed by atoms with Crippen LogP contribution >= 0.6 is 22.9 Å². The molecule has 2 heterocycles. The Bertz CT molecular complexity index is 2440. The van der Waals surface area contributed by atoms with Crippen LogP contribution in [-0.4, -0.2) is 0 Å². The topological polar surface area (TPSA) is 21.7 Å². The molecular formula is C42H26ClNO2S. The zero-order valence-corrected chi connectivity index (χ0v) is 26.6. The molecule has 0 amide bonds. The number of fused-ring (bicyclic) bond motifs is 5. The Balaban J connectivity index is 1.20. The molecule has 8 aromatic rings. The molecule has 224 valence electrons. The number of ether oxygens (including phenoxy) is 2. The van der Waals surface area contributed by atoms with Crippen molar-refractivity contribution in [2.24, 2.45) is 0 Å². The molecule has 0 spiro atoms. The largest absolute Gasteiger partial charge is 0.450 e. The summed E-state index contributed by atoms with van der Waals surface area (Å²) in [5, 5.41) is 3.17. The van der Waals surface area contributed by atoms with Gasteiger partial charge in [0.25, 0.3) is 0 Å². The SMILES string of the molecule is Clc1ccc2sc3ccccc3c2c1-c1ccc(N(c2ccc3c(c2)Oc2ccccc2O3)c2ccccc2-c2ccccc2)cc1. The van der Waals surface area contributed by atoms with Gasteiger partial charge in [0.2, 0.25) is 0 Å². The first-order valence-electron chi connectivity index (χ1n) is 15.4. The number of thiophene rings is 1. The average Bonchev–Trinajstić information content (AvgIpc) is 3.50. The van der Waals surface area contributed by atoms with E-state index in [0.29, 0.717) is 23.0 Å². The van der Waals surface area contributed by atoms with E-state index in [0.717, 1.165) is 44.3 Å². The van der Waals surface area contributed by atoms with E-state index in [4.69, 9.17) is 21.1 Å². The smallest absolute Gasteiger partial charge is 0.172 e. The van der Waals surface area contributed by atoms with Crippen LogP contribution in [0.25, 0.3) is 42.4 Å². The average molecular weight is 644 g/mol. The fourth-order valence-electron chi connectivity index (χ4n) is 6.46. The molecule has 0 saturated carbocycles. The van der Waals surface area contributed by atoms with E-state index in [2.05, 4.69) is 120 Å². The Hall–Kier alpha value is -5.55. The molecule has 0 radical (unpaired) electrons. The predicted molar refractivity (Wildman–Crippen MR) is 196 cm³/mol. The third kappa shape index (κ3) is 4.81. The van der Waals surface area contributed by atoms with Gasteiger partial charge >= 0.3 is 0 Å². The summed E-state index contributed by atoms with van der Waals surface area (Å²) in [6.45, 7) is 0. The third-order valence-corrected chi connectivity index (χ3v) is 10.1. The molecular weight excluding hydrogens is 618 g/mol. The Morgan fingerprint density at radius 1 is 0.489 bits per heavy atom. The van der Waals surface area contributed by atoms with Gasteiger partial charge in [-0.3, -0.25) is 0 Å². The van der Waals surface area contributed by atoms with Gasteiger partial charge in [0, 0.05) is 48.1 Å². The van der Waals surface area contributed by atoms with Crippen molar-refractivity contribution in [3.63, 3.8) is 0 Å². The van der Waals surface area contributed by atoms with Gasteiger partial charge in [-0.2, -0.15) is 0 Å². The van der Waals surface area contributed by atoms with Crippen LogP contribution in [0.1, 0.15) is 0 Å². The second-order valence-corrected chi connectivity index (χ2v) is 12.9. The van der Waals surface area contributed by atoms with Crippen LogP contribution in [0, 0.1) is 0 Å². The molecule has 1 aliphatic heterocycles. The summed E-state index contributed by atoms with van der Waals surface area (Å²) >= 11 is 8.75. The van der Waals surface area contributed by atoms with Gasteiger partial charge in [-0.05, 0) is 71.8 Å². The summed E-state index contributed by atoms with van der Waals surface area (Å²) in [6.07, 6.45) is 0. The maximum absolute atomic E-state index is 6.95. The quantitative estimate of drug-likeness (QED) is 0.186. The number of halogens is 1. The van der Waals surface area contributed by atoms with Crippen molar-refractivity contribution in [1.29, 1.82) is 0 Å². The summed E-state index contributed by atoms with van der Waals surface area (Å²) in [6, 6.07) is 54.2. The van der Waals surface area contributed by atoms with Crippen LogP contribution in [0.2, 0.25) is 5.02 Å². The minimum atomic E-state index is 0.669. The number of rotatable bonds is 5. The van der Waals surface area contributed by atoms with Crippen molar-refractivity contribution >= 4 is 60.2 Å². The number of hydrogen-bond donors (Lipinski definition) is 0. The van der Waals surface area contributed by atoms with Crippen LogP contribution < -0.4 is 14.4 Å². The lowest BCUT2D eigenvalue weighted by Gasteiger charge is -2.29. The molecule has 1 aromatic heterocycles. The summed E-state index contributed by atoms with van der Waals surface area (Å²) in [5.41, 5.74) is 7.39. The second kappa shape index (κ2) is 11.4. The zero-order chi connectivity index (χ0) is 31.3.